The molecule has 0 saturated carbocycles. The molecule has 1 aliphatic rings. The molecule has 0 unspecified atom stereocenters. The lowest BCUT2D eigenvalue weighted by atomic mass is 10.0. The average molecular weight is 340 g/mol. The topological polar surface area (TPSA) is 53.9 Å². The normalized spacial score (nSPS) is 18.0. The minimum Gasteiger partial charge on any atom is -0.351 e. The van der Waals surface area contributed by atoms with E-state index in [-0.39, 0.29) is 17.8 Å². The Balaban J connectivity index is 1.59. The van der Waals surface area contributed by atoms with Crippen molar-refractivity contribution in [1.29, 1.82) is 0 Å². The van der Waals surface area contributed by atoms with Gasteiger partial charge in [-0.1, -0.05) is 0 Å². The molecule has 25 heavy (non-hydrogen) atoms. The molecule has 1 saturated heterocycles. The van der Waals surface area contributed by atoms with Gasteiger partial charge in [0.25, 0.3) is 5.91 Å². The molecular weight excluding hydrogens is 319 g/mol. The molecule has 5 nitrogen and oxygen atoms in total. The Bertz CT molecular complexity index is 913. The lowest BCUT2D eigenvalue weighted by Gasteiger charge is -2.35. The van der Waals surface area contributed by atoms with Gasteiger partial charge in [0.2, 0.25) is 0 Å². The zero-order chi connectivity index (χ0) is 17.4. The monoisotopic (exact) mass is 340 g/mol. The number of halogens is 1. The van der Waals surface area contributed by atoms with E-state index in [4.69, 9.17) is 0 Å². The number of rotatable bonds is 3. The van der Waals surface area contributed by atoms with Crippen LogP contribution >= 0.6 is 0 Å². The number of benzene rings is 1. The molecule has 1 fully saturated rings. The average Bonchev–Trinajstić information content (AvgIpc) is 3.20. The Labute approximate surface area is 145 Å². The molecule has 1 aromatic carbocycles. The van der Waals surface area contributed by atoms with Crippen molar-refractivity contribution in [2.24, 2.45) is 0 Å². The van der Waals surface area contributed by atoms with Crippen molar-refractivity contribution in [3.63, 3.8) is 0 Å². The van der Waals surface area contributed by atoms with Crippen LogP contribution in [0.4, 0.5) is 4.39 Å². The van der Waals surface area contributed by atoms with E-state index in [1.165, 1.54) is 12.1 Å². The van der Waals surface area contributed by atoms with Gasteiger partial charge in [0, 0.05) is 23.6 Å². The fourth-order valence-corrected chi connectivity index (χ4v) is 3.61. The molecule has 1 N–H and O–H groups in total. The summed E-state index contributed by atoms with van der Waals surface area (Å²) >= 11 is 0. The maximum Gasteiger partial charge on any atom is 0.270 e. The van der Waals surface area contributed by atoms with Gasteiger partial charge in [0.15, 0.2) is 0 Å². The van der Waals surface area contributed by atoms with Crippen LogP contribution in [-0.4, -0.2) is 38.2 Å². The summed E-state index contributed by atoms with van der Waals surface area (Å²) in [6.45, 7) is 3.46. The van der Waals surface area contributed by atoms with E-state index in [2.05, 4.69) is 10.1 Å². The predicted octanol–water partition coefficient (Wildman–Crippen LogP) is 3.51. The second-order valence-corrected chi connectivity index (χ2v) is 6.80. The molecule has 1 aliphatic heterocycles. The van der Waals surface area contributed by atoms with Crippen LogP contribution < -0.4 is 0 Å². The molecule has 1 atom stereocenters. The molecule has 0 radical (unpaired) electrons. The van der Waals surface area contributed by atoms with Gasteiger partial charge in [-0.15, -0.1) is 0 Å². The van der Waals surface area contributed by atoms with Gasteiger partial charge >= 0.3 is 0 Å². The van der Waals surface area contributed by atoms with Crippen molar-refractivity contribution in [3.05, 3.63) is 53.7 Å². The number of carbonyl (C=O) groups is 1. The van der Waals surface area contributed by atoms with Crippen LogP contribution in [0.1, 0.15) is 35.3 Å². The first kappa shape index (κ1) is 15.9. The first-order chi connectivity index (χ1) is 12.1. The zero-order valence-electron chi connectivity index (χ0n) is 14.2. The highest BCUT2D eigenvalue weighted by Gasteiger charge is 2.28. The van der Waals surface area contributed by atoms with Crippen LogP contribution in [0.15, 0.2) is 36.7 Å². The summed E-state index contributed by atoms with van der Waals surface area (Å²) in [4.78, 5) is 18.1. The number of hydrogen-bond acceptors (Lipinski definition) is 2. The Kier molecular flexibility index (Phi) is 4.03. The molecule has 130 valence electrons. The van der Waals surface area contributed by atoms with E-state index in [1.807, 2.05) is 28.9 Å². The number of aromatic amines is 1. The Morgan fingerprint density at radius 2 is 2.24 bits per heavy atom. The van der Waals surface area contributed by atoms with E-state index in [9.17, 15) is 9.18 Å². The maximum absolute atomic E-state index is 13.4. The van der Waals surface area contributed by atoms with Gasteiger partial charge in [0.05, 0.1) is 18.8 Å². The van der Waals surface area contributed by atoms with Gasteiger partial charge < -0.3 is 9.88 Å². The number of fused-ring (bicyclic) bond motifs is 1. The van der Waals surface area contributed by atoms with E-state index >= 15 is 0 Å². The summed E-state index contributed by atoms with van der Waals surface area (Å²) in [7, 11) is 0. The summed E-state index contributed by atoms with van der Waals surface area (Å²) < 4.78 is 15.3. The van der Waals surface area contributed by atoms with E-state index < -0.39 is 0 Å². The molecule has 0 aliphatic carbocycles. The fourth-order valence-electron chi connectivity index (χ4n) is 3.61. The highest BCUT2D eigenvalue weighted by Crippen LogP contribution is 2.23. The third-order valence-electron chi connectivity index (χ3n) is 4.86. The summed E-state index contributed by atoms with van der Waals surface area (Å²) in [5.74, 6) is -0.319. The Morgan fingerprint density at radius 3 is 3.04 bits per heavy atom. The van der Waals surface area contributed by atoms with Crippen molar-refractivity contribution in [1.82, 2.24) is 19.7 Å². The van der Waals surface area contributed by atoms with Gasteiger partial charge in [-0.25, -0.2) is 4.39 Å². The van der Waals surface area contributed by atoms with Gasteiger partial charge in [0.1, 0.15) is 11.5 Å². The van der Waals surface area contributed by atoms with Crippen LogP contribution in [0, 0.1) is 12.7 Å². The minimum atomic E-state index is -0.296. The third-order valence-corrected chi connectivity index (χ3v) is 4.86. The Morgan fingerprint density at radius 1 is 1.36 bits per heavy atom. The molecule has 1 amide bonds. The van der Waals surface area contributed by atoms with E-state index in [0.29, 0.717) is 12.2 Å². The Hall–Kier alpha value is -2.63. The summed E-state index contributed by atoms with van der Waals surface area (Å²) in [5.41, 5.74) is 2.41. The van der Waals surface area contributed by atoms with Crippen molar-refractivity contribution in [2.45, 2.75) is 38.8 Å². The maximum atomic E-state index is 13.4. The summed E-state index contributed by atoms with van der Waals surface area (Å²) in [6.07, 6.45) is 6.94. The molecule has 3 heterocycles. The lowest BCUT2D eigenvalue weighted by Crippen LogP contribution is -2.46. The van der Waals surface area contributed by atoms with Crippen molar-refractivity contribution in [3.8, 4) is 0 Å². The minimum absolute atomic E-state index is 0.0230. The van der Waals surface area contributed by atoms with E-state index in [1.54, 1.807) is 12.1 Å². The second kappa shape index (κ2) is 6.35. The number of nitrogens with zero attached hydrogens (tertiary/aromatic N) is 3. The molecule has 3 aromatic rings. The number of piperidine rings is 1. The van der Waals surface area contributed by atoms with Crippen LogP contribution in [0.25, 0.3) is 10.9 Å². The van der Waals surface area contributed by atoms with Crippen LogP contribution in [0.3, 0.4) is 0 Å². The second-order valence-electron chi connectivity index (χ2n) is 6.80. The van der Waals surface area contributed by atoms with Crippen molar-refractivity contribution < 1.29 is 9.18 Å². The molecule has 4 rings (SSSR count). The molecular formula is C19H21FN4O. The molecule has 0 bridgehead atoms. The van der Waals surface area contributed by atoms with Gasteiger partial charge in [-0.05, 0) is 56.0 Å². The number of likely N-dealkylation sites (tertiary alicyclic amines) is 1. The summed E-state index contributed by atoms with van der Waals surface area (Å²) in [6, 6.07) is 6.38. The molecule has 0 spiro atoms. The van der Waals surface area contributed by atoms with E-state index in [0.717, 1.165) is 42.3 Å². The number of H-pyrrole nitrogens is 1. The SMILES string of the molecule is Cc1cnn(C[C@H]2CCCCN2C(=O)c2cc3cc(F)ccc3[nH]2)c1. The highest BCUT2D eigenvalue weighted by atomic mass is 19.1. The van der Waals surface area contributed by atoms with Crippen LogP contribution in [0.2, 0.25) is 0 Å². The molecule has 2 aromatic heterocycles. The quantitative estimate of drug-likeness (QED) is 0.793. The fraction of sp³-hybridized carbons (Fsp3) is 0.368. The number of aryl methyl sites for hydroxylation is 1. The lowest BCUT2D eigenvalue weighted by molar-refractivity contribution is 0.0579. The first-order valence-corrected chi connectivity index (χ1v) is 8.68. The zero-order valence-corrected chi connectivity index (χ0v) is 14.2. The van der Waals surface area contributed by atoms with Crippen LogP contribution in [0.5, 0.6) is 0 Å². The van der Waals surface area contributed by atoms with Crippen LogP contribution in [-0.2, 0) is 6.54 Å². The summed E-state index contributed by atoms with van der Waals surface area (Å²) in [5, 5.41) is 5.07. The number of nitrogens with one attached hydrogen (secondary N) is 1. The smallest absolute Gasteiger partial charge is 0.270 e. The number of carbonyl (C=O) groups excluding carboxylic acids is 1. The van der Waals surface area contributed by atoms with Gasteiger partial charge in [-0.3, -0.25) is 9.48 Å². The predicted molar refractivity (Wildman–Crippen MR) is 93.9 cm³/mol. The third kappa shape index (κ3) is 3.16. The van der Waals surface area contributed by atoms with Crippen molar-refractivity contribution >= 4 is 16.8 Å². The number of hydrogen-bond donors (Lipinski definition) is 1. The number of amides is 1. The largest absolute Gasteiger partial charge is 0.351 e. The van der Waals surface area contributed by atoms with Gasteiger partial charge in [-0.2, -0.15) is 5.10 Å². The standard InChI is InChI=1S/C19H21FN4O/c1-13-10-21-23(11-13)12-16-4-2-3-7-24(16)19(25)18-9-14-8-15(20)5-6-17(14)22-18/h5-6,8-11,16,22H,2-4,7,12H2,1H3/t16-/m1/s1. The highest BCUT2D eigenvalue weighted by molar-refractivity contribution is 5.98. The van der Waals surface area contributed by atoms with Crippen molar-refractivity contribution in [2.75, 3.05) is 6.54 Å². The molecule has 6 heteroatoms. The number of aromatic nitrogens is 3. The first-order valence-electron chi connectivity index (χ1n) is 8.68.